The Bertz CT molecular complexity index is 243. The van der Waals surface area contributed by atoms with Gasteiger partial charge >= 0.3 is 0 Å². The van der Waals surface area contributed by atoms with Crippen molar-refractivity contribution in [2.75, 3.05) is 13.1 Å². The second-order valence-corrected chi connectivity index (χ2v) is 5.41. The third-order valence-corrected chi connectivity index (χ3v) is 4.17. The van der Waals surface area contributed by atoms with E-state index in [4.69, 9.17) is 0 Å². The number of likely N-dealkylation sites (N-methyl/N-ethyl adjacent to an activating group) is 1. The molecule has 1 saturated carbocycles. The molecule has 0 aliphatic heterocycles. The van der Waals surface area contributed by atoms with Crippen LogP contribution in [0, 0.1) is 5.92 Å². The lowest BCUT2D eigenvalue weighted by Gasteiger charge is -2.46. The molecule has 2 heteroatoms. The maximum atomic E-state index is 10.5. The fourth-order valence-electron chi connectivity index (χ4n) is 2.93. The molecule has 16 heavy (non-hydrogen) atoms. The van der Waals surface area contributed by atoms with Crippen LogP contribution in [-0.2, 0) is 0 Å². The molecule has 3 atom stereocenters. The molecule has 1 rings (SSSR count). The molecular weight excluding hydrogens is 198 g/mol. The first-order valence-corrected chi connectivity index (χ1v) is 6.54. The Balaban J connectivity index is 2.79. The summed E-state index contributed by atoms with van der Waals surface area (Å²) in [5, 5.41) is 10.5. The first-order chi connectivity index (χ1) is 7.42. The van der Waals surface area contributed by atoms with Crippen LogP contribution in [0.3, 0.4) is 0 Å². The van der Waals surface area contributed by atoms with Gasteiger partial charge in [0.25, 0.3) is 0 Å². The van der Waals surface area contributed by atoms with Gasteiger partial charge in [-0.1, -0.05) is 26.0 Å². The zero-order valence-corrected chi connectivity index (χ0v) is 11.3. The van der Waals surface area contributed by atoms with Crippen LogP contribution in [0.1, 0.15) is 47.0 Å². The smallest absolute Gasteiger partial charge is 0.0774 e. The molecule has 2 nitrogen and oxygen atoms in total. The van der Waals surface area contributed by atoms with Crippen molar-refractivity contribution in [3.05, 3.63) is 12.2 Å². The van der Waals surface area contributed by atoms with Crippen LogP contribution in [0.2, 0.25) is 0 Å². The molecule has 0 bridgehead atoms. The van der Waals surface area contributed by atoms with Crippen LogP contribution < -0.4 is 0 Å². The van der Waals surface area contributed by atoms with E-state index in [9.17, 15) is 5.11 Å². The third kappa shape index (κ3) is 2.86. The van der Waals surface area contributed by atoms with Gasteiger partial charge in [-0.05, 0) is 52.1 Å². The first kappa shape index (κ1) is 13.7. The topological polar surface area (TPSA) is 23.5 Å². The molecule has 1 aliphatic rings. The van der Waals surface area contributed by atoms with Crippen molar-refractivity contribution in [2.24, 2.45) is 5.92 Å². The summed E-state index contributed by atoms with van der Waals surface area (Å²) in [4.78, 5) is 2.38. The Labute approximate surface area is 100 Å². The molecule has 0 saturated heterocycles. The summed E-state index contributed by atoms with van der Waals surface area (Å²) in [5.74, 6) is 0.589. The van der Waals surface area contributed by atoms with Crippen LogP contribution >= 0.6 is 0 Å². The third-order valence-electron chi connectivity index (χ3n) is 4.17. The van der Waals surface area contributed by atoms with Gasteiger partial charge in [0.1, 0.15) is 0 Å². The minimum absolute atomic E-state index is 0.290. The van der Waals surface area contributed by atoms with Crippen LogP contribution in [0.4, 0.5) is 0 Å². The minimum atomic E-state index is -0.530. The molecule has 3 unspecified atom stereocenters. The lowest BCUT2D eigenvalue weighted by Crippen LogP contribution is -2.54. The molecule has 0 aromatic carbocycles. The van der Waals surface area contributed by atoms with Crippen molar-refractivity contribution in [2.45, 2.75) is 58.6 Å². The molecule has 0 heterocycles. The van der Waals surface area contributed by atoms with Crippen molar-refractivity contribution in [1.82, 2.24) is 4.90 Å². The second-order valence-electron chi connectivity index (χ2n) is 5.41. The molecule has 1 N–H and O–H groups in total. The number of rotatable bonds is 4. The highest BCUT2D eigenvalue weighted by molar-refractivity contribution is 5.05. The summed E-state index contributed by atoms with van der Waals surface area (Å²) in [5.41, 5.74) is 0.741. The molecule has 0 radical (unpaired) electrons. The summed E-state index contributed by atoms with van der Waals surface area (Å²) in [6.07, 6.45) is 3.04. The molecule has 1 aliphatic carbocycles. The SMILES string of the molecule is C=C(C)C1CCC(C)(O)C(N(CC)CC)C1. The predicted octanol–water partition coefficient (Wildman–Crippen LogP) is 2.82. The van der Waals surface area contributed by atoms with Gasteiger partial charge in [-0.25, -0.2) is 0 Å². The molecule has 0 aromatic heterocycles. The van der Waals surface area contributed by atoms with Gasteiger partial charge in [-0.15, -0.1) is 0 Å². The Morgan fingerprint density at radius 3 is 2.44 bits per heavy atom. The van der Waals surface area contributed by atoms with E-state index in [0.717, 1.165) is 32.4 Å². The van der Waals surface area contributed by atoms with Crippen molar-refractivity contribution in [1.29, 1.82) is 0 Å². The molecule has 0 spiro atoms. The number of allylic oxidation sites excluding steroid dienone is 1. The minimum Gasteiger partial charge on any atom is -0.389 e. The maximum Gasteiger partial charge on any atom is 0.0774 e. The fourth-order valence-corrected chi connectivity index (χ4v) is 2.93. The number of aliphatic hydroxyl groups is 1. The van der Waals surface area contributed by atoms with Gasteiger partial charge in [-0.2, -0.15) is 0 Å². The highest BCUT2D eigenvalue weighted by Gasteiger charge is 2.40. The standard InChI is InChI=1S/C14H27NO/c1-6-15(7-2)13-10-12(11(3)4)8-9-14(13,5)16/h12-13,16H,3,6-10H2,1-2,4-5H3. The highest BCUT2D eigenvalue weighted by Crippen LogP contribution is 2.37. The maximum absolute atomic E-state index is 10.5. The van der Waals surface area contributed by atoms with Gasteiger partial charge < -0.3 is 5.11 Å². The number of hydrogen-bond donors (Lipinski definition) is 1. The van der Waals surface area contributed by atoms with E-state index >= 15 is 0 Å². The van der Waals surface area contributed by atoms with Gasteiger partial charge in [0, 0.05) is 6.04 Å². The summed E-state index contributed by atoms with van der Waals surface area (Å²) < 4.78 is 0. The van der Waals surface area contributed by atoms with E-state index in [1.54, 1.807) is 0 Å². The van der Waals surface area contributed by atoms with E-state index in [-0.39, 0.29) is 6.04 Å². The predicted molar refractivity (Wildman–Crippen MR) is 69.5 cm³/mol. The van der Waals surface area contributed by atoms with Gasteiger partial charge in [-0.3, -0.25) is 4.90 Å². The van der Waals surface area contributed by atoms with Gasteiger partial charge in [0.05, 0.1) is 5.60 Å². The highest BCUT2D eigenvalue weighted by atomic mass is 16.3. The summed E-state index contributed by atoms with van der Waals surface area (Å²) in [6.45, 7) is 14.5. The van der Waals surface area contributed by atoms with Gasteiger partial charge in [0.15, 0.2) is 0 Å². The van der Waals surface area contributed by atoms with Gasteiger partial charge in [0.2, 0.25) is 0 Å². The first-order valence-electron chi connectivity index (χ1n) is 6.54. The quantitative estimate of drug-likeness (QED) is 0.744. The van der Waals surface area contributed by atoms with Crippen LogP contribution in [0.5, 0.6) is 0 Å². The van der Waals surface area contributed by atoms with Crippen molar-refractivity contribution in [3.8, 4) is 0 Å². The average Bonchev–Trinajstić information content (AvgIpc) is 2.21. The summed E-state index contributed by atoms with van der Waals surface area (Å²) >= 11 is 0. The van der Waals surface area contributed by atoms with Crippen LogP contribution in [0.25, 0.3) is 0 Å². The Hall–Kier alpha value is -0.340. The van der Waals surface area contributed by atoms with Crippen molar-refractivity contribution in [3.63, 3.8) is 0 Å². The largest absolute Gasteiger partial charge is 0.389 e. The second kappa shape index (κ2) is 5.33. The fraction of sp³-hybridized carbons (Fsp3) is 0.857. The molecular formula is C14H27NO. The van der Waals surface area contributed by atoms with Crippen molar-refractivity contribution < 1.29 is 5.11 Å². The average molecular weight is 225 g/mol. The van der Waals surface area contributed by atoms with E-state index in [2.05, 4.69) is 32.3 Å². The molecule has 0 amide bonds. The van der Waals surface area contributed by atoms with E-state index in [0.29, 0.717) is 5.92 Å². The zero-order valence-electron chi connectivity index (χ0n) is 11.3. The Morgan fingerprint density at radius 1 is 1.44 bits per heavy atom. The van der Waals surface area contributed by atoms with E-state index in [1.165, 1.54) is 5.57 Å². The normalized spacial score (nSPS) is 35.4. The Kier molecular flexibility index (Phi) is 4.57. The number of hydrogen-bond acceptors (Lipinski definition) is 2. The van der Waals surface area contributed by atoms with E-state index < -0.39 is 5.60 Å². The van der Waals surface area contributed by atoms with Crippen LogP contribution in [-0.4, -0.2) is 34.7 Å². The zero-order chi connectivity index (χ0) is 12.3. The van der Waals surface area contributed by atoms with E-state index in [1.807, 2.05) is 6.92 Å². The summed E-state index contributed by atoms with van der Waals surface area (Å²) in [6, 6.07) is 0.290. The molecule has 1 fully saturated rings. The van der Waals surface area contributed by atoms with Crippen molar-refractivity contribution >= 4 is 0 Å². The molecule has 94 valence electrons. The Morgan fingerprint density at radius 2 is 2.00 bits per heavy atom. The lowest BCUT2D eigenvalue weighted by atomic mass is 9.73. The lowest BCUT2D eigenvalue weighted by molar-refractivity contribution is -0.0665. The summed E-state index contributed by atoms with van der Waals surface area (Å²) in [7, 11) is 0. The monoisotopic (exact) mass is 225 g/mol. The van der Waals surface area contributed by atoms with Crippen LogP contribution in [0.15, 0.2) is 12.2 Å². The number of nitrogens with zero attached hydrogens (tertiary/aromatic N) is 1. The molecule has 0 aromatic rings.